The molecular weight excluding hydrogens is 308 g/mol. The highest BCUT2D eigenvalue weighted by Crippen LogP contribution is 2.26. The van der Waals surface area contributed by atoms with E-state index in [1.54, 1.807) is 6.07 Å². The zero-order valence-electron chi connectivity index (χ0n) is 13.0. The molecule has 2 aromatic rings. The number of imide groups is 1. The van der Waals surface area contributed by atoms with Crippen molar-refractivity contribution in [2.75, 3.05) is 10.2 Å². The van der Waals surface area contributed by atoms with Crippen molar-refractivity contribution in [3.63, 3.8) is 0 Å². The molecule has 122 valence electrons. The Morgan fingerprint density at radius 3 is 2.62 bits per heavy atom. The van der Waals surface area contributed by atoms with Gasteiger partial charge in [0.15, 0.2) is 0 Å². The standard InChI is InChI=1S/C18H16N2O4/c1-11-5-2-3-8-14(11)19-15-10-16(21)20(17(15)22)13-7-4-6-12(9-13)18(23)24/h2-9,15,19H,10H2,1H3,(H,23,24). The summed E-state index contributed by atoms with van der Waals surface area (Å²) in [7, 11) is 0. The number of hydrogen-bond donors (Lipinski definition) is 2. The van der Waals surface area contributed by atoms with Gasteiger partial charge >= 0.3 is 5.97 Å². The summed E-state index contributed by atoms with van der Waals surface area (Å²) in [5, 5.41) is 12.2. The summed E-state index contributed by atoms with van der Waals surface area (Å²) in [5.41, 5.74) is 2.08. The van der Waals surface area contributed by atoms with E-state index >= 15 is 0 Å². The van der Waals surface area contributed by atoms with Gasteiger partial charge in [-0.1, -0.05) is 24.3 Å². The molecule has 1 saturated heterocycles. The molecule has 1 atom stereocenters. The van der Waals surface area contributed by atoms with Crippen LogP contribution in [0.2, 0.25) is 0 Å². The van der Waals surface area contributed by atoms with Gasteiger partial charge in [-0.2, -0.15) is 0 Å². The lowest BCUT2D eigenvalue weighted by Crippen LogP contribution is -2.35. The first kappa shape index (κ1) is 15.7. The average Bonchev–Trinajstić information content (AvgIpc) is 2.83. The number of nitrogens with one attached hydrogen (secondary N) is 1. The Labute approximate surface area is 138 Å². The molecule has 0 saturated carbocycles. The molecule has 1 aliphatic heterocycles. The second kappa shape index (κ2) is 6.16. The van der Waals surface area contributed by atoms with E-state index in [0.29, 0.717) is 0 Å². The number of nitrogens with zero attached hydrogens (tertiary/aromatic N) is 1. The molecule has 0 bridgehead atoms. The minimum Gasteiger partial charge on any atom is -0.478 e. The van der Waals surface area contributed by atoms with Gasteiger partial charge in [0.25, 0.3) is 5.91 Å². The van der Waals surface area contributed by atoms with E-state index in [9.17, 15) is 14.4 Å². The van der Waals surface area contributed by atoms with Crippen molar-refractivity contribution < 1.29 is 19.5 Å². The first-order valence-electron chi connectivity index (χ1n) is 7.49. The highest BCUT2D eigenvalue weighted by molar-refractivity contribution is 6.23. The van der Waals surface area contributed by atoms with Crippen LogP contribution >= 0.6 is 0 Å². The van der Waals surface area contributed by atoms with Crippen LogP contribution in [0, 0.1) is 6.92 Å². The number of aromatic carboxylic acids is 1. The van der Waals surface area contributed by atoms with Crippen molar-refractivity contribution in [3.05, 3.63) is 59.7 Å². The molecule has 2 amide bonds. The molecule has 24 heavy (non-hydrogen) atoms. The molecule has 1 aliphatic rings. The number of anilines is 2. The fraction of sp³-hybridized carbons (Fsp3) is 0.167. The summed E-state index contributed by atoms with van der Waals surface area (Å²) in [5.74, 6) is -1.84. The SMILES string of the molecule is Cc1ccccc1NC1CC(=O)N(c2cccc(C(=O)O)c2)C1=O. The molecule has 6 nitrogen and oxygen atoms in total. The van der Waals surface area contributed by atoms with E-state index in [4.69, 9.17) is 5.11 Å². The van der Waals surface area contributed by atoms with Crippen LogP contribution in [0.3, 0.4) is 0 Å². The minimum absolute atomic E-state index is 0.0309. The summed E-state index contributed by atoms with van der Waals surface area (Å²) in [6.45, 7) is 1.91. The first-order chi connectivity index (χ1) is 11.5. The summed E-state index contributed by atoms with van der Waals surface area (Å²) < 4.78 is 0. The number of hydrogen-bond acceptors (Lipinski definition) is 4. The quantitative estimate of drug-likeness (QED) is 0.844. The van der Waals surface area contributed by atoms with Gasteiger partial charge in [0, 0.05) is 5.69 Å². The van der Waals surface area contributed by atoms with Crippen LogP contribution in [-0.2, 0) is 9.59 Å². The highest BCUT2D eigenvalue weighted by atomic mass is 16.4. The number of carboxylic acid groups (broad SMARTS) is 1. The van der Waals surface area contributed by atoms with Crippen molar-refractivity contribution in [2.24, 2.45) is 0 Å². The predicted molar refractivity (Wildman–Crippen MR) is 89.1 cm³/mol. The number of carbonyl (C=O) groups excluding carboxylic acids is 2. The van der Waals surface area contributed by atoms with Crippen LogP contribution in [0.5, 0.6) is 0 Å². The molecule has 1 fully saturated rings. The zero-order valence-corrected chi connectivity index (χ0v) is 13.0. The van der Waals surface area contributed by atoms with E-state index in [-0.39, 0.29) is 29.5 Å². The van der Waals surface area contributed by atoms with E-state index in [1.807, 2.05) is 31.2 Å². The number of carbonyl (C=O) groups is 3. The van der Waals surface area contributed by atoms with Crippen LogP contribution in [-0.4, -0.2) is 28.9 Å². The Morgan fingerprint density at radius 2 is 1.92 bits per heavy atom. The topological polar surface area (TPSA) is 86.7 Å². The summed E-state index contributed by atoms with van der Waals surface area (Å²) >= 11 is 0. The molecule has 0 radical (unpaired) electrons. The summed E-state index contributed by atoms with van der Waals surface area (Å²) in [6.07, 6.45) is 0.0322. The third-order valence-corrected chi connectivity index (χ3v) is 3.97. The number of para-hydroxylation sites is 1. The van der Waals surface area contributed by atoms with Crippen LogP contribution in [0.15, 0.2) is 48.5 Å². The first-order valence-corrected chi connectivity index (χ1v) is 7.49. The van der Waals surface area contributed by atoms with Crippen LogP contribution in [0.25, 0.3) is 0 Å². The number of rotatable bonds is 4. The molecule has 1 unspecified atom stereocenters. The van der Waals surface area contributed by atoms with Gasteiger partial charge in [-0.15, -0.1) is 0 Å². The lowest BCUT2D eigenvalue weighted by molar-refractivity contribution is -0.121. The second-order valence-corrected chi connectivity index (χ2v) is 5.64. The predicted octanol–water partition coefficient (Wildman–Crippen LogP) is 2.44. The maximum absolute atomic E-state index is 12.6. The average molecular weight is 324 g/mol. The van der Waals surface area contributed by atoms with Gasteiger partial charge in [-0.05, 0) is 36.8 Å². The normalized spacial score (nSPS) is 17.2. The van der Waals surface area contributed by atoms with Crippen molar-refractivity contribution in [1.82, 2.24) is 0 Å². The molecule has 3 rings (SSSR count). The Hall–Kier alpha value is -3.15. The minimum atomic E-state index is -1.11. The van der Waals surface area contributed by atoms with Gasteiger partial charge in [0.1, 0.15) is 6.04 Å². The third kappa shape index (κ3) is 2.86. The lowest BCUT2D eigenvalue weighted by atomic mass is 10.1. The molecular formula is C18H16N2O4. The number of carboxylic acids is 1. The van der Waals surface area contributed by atoms with Crippen molar-refractivity contribution in [1.29, 1.82) is 0 Å². The Balaban J connectivity index is 1.86. The van der Waals surface area contributed by atoms with Crippen molar-refractivity contribution in [2.45, 2.75) is 19.4 Å². The highest BCUT2D eigenvalue weighted by Gasteiger charge is 2.39. The molecule has 1 heterocycles. The molecule has 2 aromatic carbocycles. The Bertz CT molecular complexity index is 831. The Kier molecular flexibility index (Phi) is 4.04. The number of aryl methyl sites for hydroxylation is 1. The van der Waals surface area contributed by atoms with E-state index in [1.165, 1.54) is 18.2 Å². The van der Waals surface area contributed by atoms with Gasteiger partial charge in [0.05, 0.1) is 17.7 Å². The molecule has 2 N–H and O–H groups in total. The fourth-order valence-electron chi connectivity index (χ4n) is 2.72. The van der Waals surface area contributed by atoms with E-state index < -0.39 is 12.0 Å². The molecule has 6 heteroatoms. The maximum atomic E-state index is 12.6. The second-order valence-electron chi connectivity index (χ2n) is 5.64. The summed E-state index contributed by atoms with van der Waals surface area (Å²) in [6, 6.07) is 12.7. The van der Waals surface area contributed by atoms with Crippen LogP contribution < -0.4 is 10.2 Å². The lowest BCUT2D eigenvalue weighted by Gasteiger charge is -2.17. The third-order valence-electron chi connectivity index (χ3n) is 3.97. The molecule has 0 aliphatic carbocycles. The largest absolute Gasteiger partial charge is 0.478 e. The fourth-order valence-corrected chi connectivity index (χ4v) is 2.72. The van der Waals surface area contributed by atoms with Gasteiger partial charge in [-0.25, -0.2) is 9.69 Å². The smallest absolute Gasteiger partial charge is 0.335 e. The van der Waals surface area contributed by atoms with Crippen LogP contribution in [0.1, 0.15) is 22.3 Å². The molecule has 0 spiro atoms. The van der Waals surface area contributed by atoms with Gasteiger partial charge < -0.3 is 10.4 Å². The van der Waals surface area contributed by atoms with E-state index in [0.717, 1.165) is 16.2 Å². The van der Waals surface area contributed by atoms with Crippen LogP contribution in [0.4, 0.5) is 11.4 Å². The number of benzene rings is 2. The van der Waals surface area contributed by atoms with Gasteiger partial charge in [-0.3, -0.25) is 9.59 Å². The maximum Gasteiger partial charge on any atom is 0.335 e. The Morgan fingerprint density at radius 1 is 1.17 bits per heavy atom. The van der Waals surface area contributed by atoms with E-state index in [2.05, 4.69) is 5.32 Å². The zero-order chi connectivity index (χ0) is 17.3. The van der Waals surface area contributed by atoms with Crippen molar-refractivity contribution in [3.8, 4) is 0 Å². The number of amides is 2. The molecule has 0 aromatic heterocycles. The van der Waals surface area contributed by atoms with Crippen molar-refractivity contribution >= 4 is 29.2 Å². The summed E-state index contributed by atoms with van der Waals surface area (Å²) in [4.78, 5) is 37.0. The van der Waals surface area contributed by atoms with Gasteiger partial charge in [0.2, 0.25) is 5.91 Å². The monoisotopic (exact) mass is 324 g/mol.